The van der Waals surface area contributed by atoms with Gasteiger partial charge in [0.2, 0.25) is 0 Å². The molecule has 0 saturated carbocycles. The lowest BCUT2D eigenvalue weighted by Crippen LogP contribution is -1.97. The van der Waals surface area contributed by atoms with E-state index in [1.807, 2.05) is 12.1 Å². The molecule has 45 heavy (non-hydrogen) atoms. The summed E-state index contributed by atoms with van der Waals surface area (Å²) in [5.74, 6) is 0.702. The molecule has 0 aliphatic carbocycles. The zero-order valence-corrected chi connectivity index (χ0v) is 24.8. The molecular formula is C40H23N3OS. The minimum Gasteiger partial charge on any atom is -0.456 e. The zero-order valence-electron chi connectivity index (χ0n) is 23.9. The summed E-state index contributed by atoms with van der Waals surface area (Å²) in [5, 5.41) is 5.85. The van der Waals surface area contributed by atoms with E-state index < -0.39 is 0 Å². The van der Waals surface area contributed by atoms with Crippen molar-refractivity contribution in [3.05, 3.63) is 140 Å². The van der Waals surface area contributed by atoms with Crippen molar-refractivity contribution < 1.29 is 4.42 Å². The lowest BCUT2D eigenvalue weighted by atomic mass is 10.1. The van der Waals surface area contributed by atoms with Gasteiger partial charge in [-0.25, -0.2) is 9.97 Å². The molecule has 0 fully saturated rings. The largest absolute Gasteiger partial charge is 0.456 e. The number of para-hydroxylation sites is 3. The van der Waals surface area contributed by atoms with Gasteiger partial charge in [0.1, 0.15) is 11.2 Å². The zero-order chi connectivity index (χ0) is 29.5. The molecule has 0 aliphatic heterocycles. The minimum absolute atomic E-state index is 0.702. The van der Waals surface area contributed by atoms with Crippen LogP contribution in [0.3, 0.4) is 0 Å². The summed E-state index contributed by atoms with van der Waals surface area (Å²) in [5.41, 5.74) is 9.06. The molecule has 4 heterocycles. The summed E-state index contributed by atoms with van der Waals surface area (Å²) in [7, 11) is 0. The summed E-state index contributed by atoms with van der Waals surface area (Å²) >= 11 is 1.74. The first kappa shape index (κ1) is 24.6. The van der Waals surface area contributed by atoms with Gasteiger partial charge in [-0.3, -0.25) is 0 Å². The van der Waals surface area contributed by atoms with E-state index >= 15 is 0 Å². The molecule has 4 nitrogen and oxygen atoms in total. The normalized spacial score (nSPS) is 12.0. The van der Waals surface area contributed by atoms with E-state index in [1.54, 1.807) is 11.3 Å². The molecule has 0 unspecified atom stereocenters. The van der Waals surface area contributed by atoms with Crippen molar-refractivity contribution in [3.8, 4) is 28.3 Å². The summed E-state index contributed by atoms with van der Waals surface area (Å²) in [6.45, 7) is 0. The Morgan fingerprint density at radius 3 is 2.02 bits per heavy atom. The van der Waals surface area contributed by atoms with Crippen molar-refractivity contribution in [2.75, 3.05) is 0 Å². The van der Waals surface area contributed by atoms with Gasteiger partial charge < -0.3 is 8.98 Å². The van der Waals surface area contributed by atoms with Crippen LogP contribution in [0.1, 0.15) is 0 Å². The lowest BCUT2D eigenvalue weighted by molar-refractivity contribution is 0.669. The maximum atomic E-state index is 6.29. The van der Waals surface area contributed by atoms with E-state index in [4.69, 9.17) is 14.4 Å². The number of fused-ring (bicyclic) bond motifs is 9. The predicted molar refractivity (Wildman–Crippen MR) is 187 cm³/mol. The van der Waals surface area contributed by atoms with Crippen molar-refractivity contribution >= 4 is 75.4 Å². The Morgan fingerprint density at radius 1 is 0.511 bits per heavy atom. The van der Waals surface area contributed by atoms with Crippen LogP contribution in [0.5, 0.6) is 0 Å². The first-order valence-electron chi connectivity index (χ1n) is 15.0. The standard InChI is InChI=1S/C40H23N3OS/c1-5-16-32-27(12-1)28-13-2-6-17-33(28)43(32)26-11-9-10-25(22-26)40-41-37(39-38(42-40)31-15-4-8-19-36(31)45-39)24-20-21-30-29-14-3-7-18-34(29)44-35(30)23-24/h1-23H. The third kappa shape index (κ3) is 3.65. The minimum atomic E-state index is 0.702. The number of aromatic nitrogens is 3. The van der Waals surface area contributed by atoms with Crippen LogP contribution in [0.2, 0.25) is 0 Å². The Morgan fingerprint density at radius 2 is 1.20 bits per heavy atom. The van der Waals surface area contributed by atoms with Crippen molar-refractivity contribution in [3.63, 3.8) is 0 Å². The van der Waals surface area contributed by atoms with Gasteiger partial charge in [0.15, 0.2) is 5.82 Å². The van der Waals surface area contributed by atoms with Crippen molar-refractivity contribution in [2.45, 2.75) is 0 Å². The van der Waals surface area contributed by atoms with E-state index in [1.165, 1.54) is 26.5 Å². The van der Waals surface area contributed by atoms with Crippen LogP contribution in [0.25, 0.3) is 92.4 Å². The smallest absolute Gasteiger partial charge is 0.160 e. The van der Waals surface area contributed by atoms with Gasteiger partial charge >= 0.3 is 0 Å². The van der Waals surface area contributed by atoms with Crippen LogP contribution in [-0.2, 0) is 0 Å². The summed E-state index contributed by atoms with van der Waals surface area (Å²) in [6, 6.07) is 48.9. The van der Waals surface area contributed by atoms with Gasteiger partial charge in [-0.15, -0.1) is 11.3 Å². The molecule has 0 amide bonds. The molecule has 210 valence electrons. The molecular weight excluding hydrogens is 571 g/mol. The number of hydrogen-bond donors (Lipinski definition) is 0. The molecule has 0 aliphatic rings. The van der Waals surface area contributed by atoms with E-state index in [2.05, 4.69) is 132 Å². The summed E-state index contributed by atoms with van der Waals surface area (Å²) in [4.78, 5) is 10.5. The Bertz CT molecular complexity index is 2730. The Labute approximate surface area is 261 Å². The molecule has 0 atom stereocenters. The number of benzene rings is 6. The van der Waals surface area contributed by atoms with E-state index in [-0.39, 0.29) is 0 Å². The van der Waals surface area contributed by atoms with Gasteiger partial charge in [0.25, 0.3) is 0 Å². The maximum Gasteiger partial charge on any atom is 0.160 e. The Hall–Kier alpha value is -5.78. The molecule has 4 aromatic heterocycles. The predicted octanol–water partition coefficient (Wildman–Crippen LogP) is 11.2. The topological polar surface area (TPSA) is 43.9 Å². The van der Waals surface area contributed by atoms with Gasteiger partial charge in [-0.05, 0) is 48.5 Å². The van der Waals surface area contributed by atoms with E-state index in [9.17, 15) is 0 Å². The number of furan rings is 1. The number of hydrogen-bond acceptors (Lipinski definition) is 4. The molecule has 10 aromatic rings. The fourth-order valence-electron chi connectivity index (χ4n) is 6.77. The Kier molecular flexibility index (Phi) is 5.12. The van der Waals surface area contributed by atoms with Crippen LogP contribution in [0.4, 0.5) is 0 Å². The Balaban J connectivity index is 1.22. The van der Waals surface area contributed by atoms with Gasteiger partial charge in [0, 0.05) is 48.4 Å². The number of thiophene rings is 1. The highest BCUT2D eigenvalue weighted by atomic mass is 32.1. The second-order valence-corrected chi connectivity index (χ2v) is 12.5. The first-order chi connectivity index (χ1) is 22.3. The highest BCUT2D eigenvalue weighted by Gasteiger charge is 2.19. The monoisotopic (exact) mass is 593 g/mol. The molecule has 0 saturated heterocycles. The molecule has 10 rings (SSSR count). The fraction of sp³-hybridized carbons (Fsp3) is 0. The van der Waals surface area contributed by atoms with Gasteiger partial charge in [-0.1, -0.05) is 91.0 Å². The quantitative estimate of drug-likeness (QED) is 0.205. The third-order valence-corrected chi connectivity index (χ3v) is 9.98. The second kappa shape index (κ2) is 9.36. The first-order valence-corrected chi connectivity index (χ1v) is 15.8. The molecule has 0 bridgehead atoms. The summed E-state index contributed by atoms with van der Waals surface area (Å²) < 4.78 is 10.9. The average Bonchev–Trinajstić information content (AvgIpc) is 3.77. The highest BCUT2D eigenvalue weighted by Crippen LogP contribution is 2.41. The van der Waals surface area contributed by atoms with Gasteiger partial charge in [0.05, 0.1) is 26.9 Å². The van der Waals surface area contributed by atoms with E-state index in [0.717, 1.165) is 60.0 Å². The van der Waals surface area contributed by atoms with Gasteiger partial charge in [-0.2, -0.15) is 0 Å². The van der Waals surface area contributed by atoms with Crippen LogP contribution in [-0.4, -0.2) is 14.5 Å². The van der Waals surface area contributed by atoms with Crippen molar-refractivity contribution in [1.82, 2.24) is 14.5 Å². The van der Waals surface area contributed by atoms with Crippen LogP contribution in [0.15, 0.2) is 144 Å². The van der Waals surface area contributed by atoms with Crippen LogP contribution in [0, 0.1) is 0 Å². The fourth-order valence-corrected chi connectivity index (χ4v) is 7.93. The van der Waals surface area contributed by atoms with Crippen molar-refractivity contribution in [1.29, 1.82) is 0 Å². The number of rotatable bonds is 3. The SMILES string of the molecule is c1cc(-c2nc(-c3ccc4c(c3)oc3ccccc34)c3sc4ccccc4c3n2)cc(-n2c3ccccc3c3ccccc32)c1. The van der Waals surface area contributed by atoms with Crippen LogP contribution >= 0.6 is 11.3 Å². The number of nitrogens with zero attached hydrogens (tertiary/aromatic N) is 3. The molecule has 0 N–H and O–H groups in total. The molecule has 0 spiro atoms. The van der Waals surface area contributed by atoms with E-state index in [0.29, 0.717) is 5.82 Å². The van der Waals surface area contributed by atoms with Crippen molar-refractivity contribution in [2.24, 2.45) is 0 Å². The lowest BCUT2D eigenvalue weighted by Gasteiger charge is -2.11. The molecule has 0 radical (unpaired) electrons. The second-order valence-electron chi connectivity index (χ2n) is 11.4. The summed E-state index contributed by atoms with van der Waals surface area (Å²) in [6.07, 6.45) is 0. The molecule has 5 heteroatoms. The highest BCUT2D eigenvalue weighted by molar-refractivity contribution is 7.26. The van der Waals surface area contributed by atoms with Crippen LogP contribution < -0.4 is 0 Å². The maximum absolute atomic E-state index is 6.29. The molecule has 6 aromatic carbocycles. The third-order valence-electron chi connectivity index (χ3n) is 8.81. The average molecular weight is 594 g/mol.